The number of aromatic nitrogens is 2. The fourth-order valence-electron chi connectivity index (χ4n) is 4.45. The summed E-state index contributed by atoms with van der Waals surface area (Å²) < 4.78 is 12.0. The lowest BCUT2D eigenvalue weighted by atomic mass is 10.1. The molecule has 8 heteroatoms. The van der Waals surface area contributed by atoms with E-state index in [9.17, 15) is 5.26 Å². The van der Waals surface area contributed by atoms with Crippen LogP contribution >= 0.6 is 11.6 Å². The fourth-order valence-corrected chi connectivity index (χ4v) is 4.67. The van der Waals surface area contributed by atoms with Crippen molar-refractivity contribution < 1.29 is 9.15 Å². The number of hydrogen-bond donors (Lipinski definition) is 2. The van der Waals surface area contributed by atoms with Gasteiger partial charge in [-0.05, 0) is 72.3 Å². The molecule has 0 unspecified atom stereocenters. The zero-order valence-corrected chi connectivity index (χ0v) is 22.6. The fraction of sp³-hybridized carbons (Fsp3) is 0.0606. The number of benzene rings is 3. The summed E-state index contributed by atoms with van der Waals surface area (Å²) >= 11 is 6.53. The van der Waals surface area contributed by atoms with Gasteiger partial charge in [0.2, 0.25) is 0 Å². The Morgan fingerprint density at radius 2 is 1.76 bits per heavy atom. The van der Waals surface area contributed by atoms with Crippen LogP contribution in [0.5, 0.6) is 11.5 Å². The molecule has 0 fully saturated rings. The van der Waals surface area contributed by atoms with Gasteiger partial charge in [-0.15, -0.1) is 0 Å². The largest absolute Gasteiger partial charge is 0.460 e. The average Bonchev–Trinajstić information content (AvgIpc) is 3.48. The maximum Gasteiger partial charge on any atom is 0.146 e. The molecule has 0 saturated carbocycles. The smallest absolute Gasteiger partial charge is 0.146 e. The minimum absolute atomic E-state index is 0.423. The van der Waals surface area contributed by atoms with Crippen molar-refractivity contribution in [2.24, 2.45) is 0 Å². The normalized spacial score (nSPS) is 10.8. The Bertz CT molecular complexity index is 1850. The zero-order valence-electron chi connectivity index (χ0n) is 21.8. The van der Waals surface area contributed by atoms with Crippen LogP contribution in [-0.2, 0) is 13.1 Å². The number of halogens is 1. The van der Waals surface area contributed by atoms with Gasteiger partial charge in [0.05, 0.1) is 28.3 Å². The molecule has 0 atom stereocenters. The van der Waals surface area contributed by atoms with E-state index in [1.165, 1.54) is 0 Å². The first-order valence-electron chi connectivity index (χ1n) is 13.0. The highest BCUT2D eigenvalue weighted by Gasteiger charge is 2.13. The minimum Gasteiger partial charge on any atom is -0.460 e. The predicted molar refractivity (Wildman–Crippen MR) is 160 cm³/mol. The number of ether oxygens (including phenoxy) is 1. The van der Waals surface area contributed by atoms with Crippen LogP contribution in [0, 0.1) is 11.3 Å². The topological polar surface area (TPSA) is 96.0 Å². The first-order chi connectivity index (χ1) is 20.2. The minimum atomic E-state index is 0.423. The second-order valence-corrected chi connectivity index (χ2v) is 9.71. The standard InChI is InChI=1S/C33H24ClN5O2/c34-29-17-25(7-10-32(29)40-26-4-2-1-3-5-26)39-33-24(18-35)20-38-30-16-23(6-9-28(30)33)31-11-8-27(41-31)21-37-19-22-12-14-36-15-13-22/h1-17,20,37H,19,21H2,(H,38,39). The number of furan rings is 1. The quantitative estimate of drug-likeness (QED) is 0.185. The van der Waals surface area contributed by atoms with Gasteiger partial charge in [0.1, 0.15) is 29.1 Å². The van der Waals surface area contributed by atoms with Crippen molar-refractivity contribution in [2.75, 3.05) is 5.32 Å². The van der Waals surface area contributed by atoms with Crippen LogP contribution in [0.3, 0.4) is 0 Å². The monoisotopic (exact) mass is 557 g/mol. The summed E-state index contributed by atoms with van der Waals surface area (Å²) in [6, 6.07) is 30.9. The molecule has 3 aromatic carbocycles. The lowest BCUT2D eigenvalue weighted by Gasteiger charge is -2.14. The van der Waals surface area contributed by atoms with Gasteiger partial charge in [-0.25, -0.2) is 0 Å². The number of fused-ring (bicyclic) bond motifs is 1. The van der Waals surface area contributed by atoms with Gasteiger partial charge in [-0.2, -0.15) is 5.26 Å². The molecule has 3 heterocycles. The molecule has 0 aliphatic rings. The van der Waals surface area contributed by atoms with Crippen molar-refractivity contribution in [2.45, 2.75) is 13.1 Å². The summed E-state index contributed by atoms with van der Waals surface area (Å²) in [5.41, 5.74) is 4.58. The van der Waals surface area contributed by atoms with Crippen LogP contribution in [0.25, 0.3) is 22.2 Å². The number of nitrogens with zero attached hydrogens (tertiary/aromatic N) is 3. The van der Waals surface area contributed by atoms with E-state index in [0.717, 1.165) is 45.8 Å². The number of nitrogens with one attached hydrogen (secondary N) is 2. The lowest BCUT2D eigenvalue weighted by molar-refractivity contribution is 0.483. The highest BCUT2D eigenvalue weighted by Crippen LogP contribution is 2.36. The molecule has 41 heavy (non-hydrogen) atoms. The highest BCUT2D eigenvalue weighted by atomic mass is 35.5. The summed E-state index contributed by atoms with van der Waals surface area (Å²) in [5.74, 6) is 2.82. The van der Waals surface area contributed by atoms with E-state index in [1.54, 1.807) is 30.7 Å². The molecule has 0 aliphatic carbocycles. The Balaban J connectivity index is 1.21. The Kier molecular flexibility index (Phi) is 7.59. The maximum atomic E-state index is 9.80. The van der Waals surface area contributed by atoms with E-state index in [1.807, 2.05) is 78.9 Å². The molecule has 6 aromatic rings. The third kappa shape index (κ3) is 6.04. The zero-order chi connectivity index (χ0) is 28.0. The van der Waals surface area contributed by atoms with E-state index >= 15 is 0 Å². The van der Waals surface area contributed by atoms with Crippen molar-refractivity contribution in [1.82, 2.24) is 15.3 Å². The van der Waals surface area contributed by atoms with Crippen LogP contribution in [0.2, 0.25) is 5.02 Å². The Morgan fingerprint density at radius 3 is 2.56 bits per heavy atom. The van der Waals surface area contributed by atoms with E-state index in [0.29, 0.717) is 34.3 Å². The second kappa shape index (κ2) is 11.9. The average molecular weight is 558 g/mol. The second-order valence-electron chi connectivity index (χ2n) is 9.30. The van der Waals surface area contributed by atoms with Crippen molar-refractivity contribution in [3.63, 3.8) is 0 Å². The molecule has 200 valence electrons. The molecule has 0 aliphatic heterocycles. The molecule has 7 nitrogen and oxygen atoms in total. The summed E-state index contributed by atoms with van der Waals surface area (Å²) in [6.45, 7) is 1.33. The lowest BCUT2D eigenvalue weighted by Crippen LogP contribution is -2.11. The SMILES string of the molecule is N#Cc1cnc2cc(-c3ccc(CNCc4ccncc4)o3)ccc2c1Nc1ccc(Oc2ccccc2)c(Cl)c1. The number of anilines is 2. The number of pyridine rings is 2. The maximum absolute atomic E-state index is 9.80. The van der Waals surface area contributed by atoms with Crippen molar-refractivity contribution in [3.8, 4) is 28.9 Å². The van der Waals surface area contributed by atoms with Crippen molar-refractivity contribution >= 4 is 33.9 Å². The van der Waals surface area contributed by atoms with Crippen LogP contribution < -0.4 is 15.4 Å². The number of hydrogen-bond acceptors (Lipinski definition) is 7. The molecule has 0 spiro atoms. The Morgan fingerprint density at radius 1 is 0.902 bits per heavy atom. The third-order valence-corrected chi connectivity index (χ3v) is 6.78. The molecule has 0 saturated heterocycles. The van der Waals surface area contributed by atoms with Gasteiger partial charge in [0.25, 0.3) is 0 Å². The van der Waals surface area contributed by atoms with Crippen LogP contribution in [-0.4, -0.2) is 9.97 Å². The summed E-state index contributed by atoms with van der Waals surface area (Å²) in [4.78, 5) is 8.59. The van der Waals surface area contributed by atoms with Crippen LogP contribution in [0.1, 0.15) is 16.9 Å². The first-order valence-corrected chi connectivity index (χ1v) is 13.3. The number of nitriles is 1. The van der Waals surface area contributed by atoms with E-state index in [-0.39, 0.29) is 0 Å². The van der Waals surface area contributed by atoms with Gasteiger partial charge in [0.15, 0.2) is 0 Å². The molecule has 0 bridgehead atoms. The highest BCUT2D eigenvalue weighted by molar-refractivity contribution is 6.32. The van der Waals surface area contributed by atoms with Gasteiger partial charge < -0.3 is 19.8 Å². The molecule has 0 radical (unpaired) electrons. The predicted octanol–water partition coefficient (Wildman–Crippen LogP) is 8.24. The summed E-state index contributed by atoms with van der Waals surface area (Å²) in [5, 5.41) is 17.8. The molecular weight excluding hydrogens is 534 g/mol. The molecule has 6 rings (SSSR count). The molecule has 2 N–H and O–H groups in total. The molecular formula is C33H24ClN5O2. The van der Waals surface area contributed by atoms with E-state index < -0.39 is 0 Å². The Labute approximate surface area is 242 Å². The third-order valence-electron chi connectivity index (χ3n) is 6.49. The first kappa shape index (κ1) is 26.1. The van der Waals surface area contributed by atoms with Gasteiger partial charge in [-0.1, -0.05) is 35.9 Å². The van der Waals surface area contributed by atoms with Crippen LogP contribution in [0.15, 0.2) is 114 Å². The van der Waals surface area contributed by atoms with Gasteiger partial charge in [-0.3, -0.25) is 9.97 Å². The summed E-state index contributed by atoms with van der Waals surface area (Å²) in [6.07, 6.45) is 5.13. The molecule has 3 aromatic heterocycles. The number of para-hydroxylation sites is 1. The van der Waals surface area contributed by atoms with Crippen LogP contribution in [0.4, 0.5) is 11.4 Å². The van der Waals surface area contributed by atoms with Crippen molar-refractivity contribution in [3.05, 3.63) is 131 Å². The Hall–Kier alpha value is -5.16. The van der Waals surface area contributed by atoms with Crippen molar-refractivity contribution in [1.29, 1.82) is 5.26 Å². The number of rotatable bonds is 9. The molecule has 0 amide bonds. The van der Waals surface area contributed by atoms with E-state index in [2.05, 4.69) is 26.7 Å². The van der Waals surface area contributed by atoms with Gasteiger partial charge in [0, 0.05) is 41.8 Å². The van der Waals surface area contributed by atoms with Gasteiger partial charge >= 0.3 is 0 Å². The van der Waals surface area contributed by atoms with E-state index in [4.69, 9.17) is 20.8 Å². The summed E-state index contributed by atoms with van der Waals surface area (Å²) in [7, 11) is 0.